The number of carbonyl (C=O) groups is 1. The van der Waals surface area contributed by atoms with Crippen molar-refractivity contribution < 1.29 is 18.3 Å². The van der Waals surface area contributed by atoms with E-state index in [2.05, 4.69) is 20.6 Å². The zero-order valence-electron chi connectivity index (χ0n) is 11.5. The molecule has 0 radical (unpaired) electrons. The summed E-state index contributed by atoms with van der Waals surface area (Å²) in [5.41, 5.74) is 0.895. The summed E-state index contributed by atoms with van der Waals surface area (Å²) in [6.45, 7) is -0.416. The van der Waals surface area contributed by atoms with Crippen LogP contribution in [0.5, 0.6) is 5.88 Å². The highest BCUT2D eigenvalue weighted by molar-refractivity contribution is 5.88. The first-order valence-electron chi connectivity index (χ1n) is 6.45. The number of hydrogen-bond donors (Lipinski definition) is 2. The topological polar surface area (TPSA) is 76.1 Å². The second-order valence-electron chi connectivity index (χ2n) is 4.23. The Labute approximate surface area is 125 Å². The third-order valence-electron chi connectivity index (χ3n) is 2.52. The van der Waals surface area contributed by atoms with Crippen LogP contribution >= 0.6 is 0 Å². The zero-order chi connectivity index (χ0) is 15.8. The molecule has 0 aliphatic rings. The van der Waals surface area contributed by atoms with Crippen LogP contribution in [0.2, 0.25) is 0 Å². The summed E-state index contributed by atoms with van der Waals surface area (Å²) < 4.78 is 28.9. The molecular formula is C14H14F2N4O2. The quantitative estimate of drug-likeness (QED) is 0.859. The summed E-state index contributed by atoms with van der Waals surface area (Å²) in [7, 11) is 0. The Morgan fingerprint density at radius 2 is 2.00 bits per heavy atom. The van der Waals surface area contributed by atoms with Gasteiger partial charge in [0.05, 0.1) is 0 Å². The van der Waals surface area contributed by atoms with Gasteiger partial charge in [-0.05, 0) is 23.8 Å². The zero-order valence-corrected chi connectivity index (χ0v) is 11.5. The van der Waals surface area contributed by atoms with E-state index in [1.165, 1.54) is 12.1 Å². The SMILES string of the molecule is O=C(NCc1ccncc1)Nc1cccc(OCC(F)F)n1. The maximum absolute atomic E-state index is 12.1. The number of ether oxygens (including phenoxy) is 1. The fourth-order valence-electron chi connectivity index (χ4n) is 1.56. The summed E-state index contributed by atoms with van der Waals surface area (Å²) in [5.74, 6) is 0.228. The molecule has 2 aromatic heterocycles. The van der Waals surface area contributed by atoms with Gasteiger partial charge in [0, 0.05) is 25.0 Å². The largest absolute Gasteiger partial charge is 0.472 e. The van der Waals surface area contributed by atoms with E-state index < -0.39 is 19.1 Å². The molecule has 0 aromatic carbocycles. The number of anilines is 1. The van der Waals surface area contributed by atoms with Gasteiger partial charge in [0.2, 0.25) is 5.88 Å². The van der Waals surface area contributed by atoms with Crippen molar-refractivity contribution in [1.29, 1.82) is 0 Å². The maximum atomic E-state index is 12.1. The number of alkyl halides is 2. The van der Waals surface area contributed by atoms with Crippen molar-refractivity contribution in [3.8, 4) is 5.88 Å². The van der Waals surface area contributed by atoms with E-state index in [9.17, 15) is 13.6 Å². The van der Waals surface area contributed by atoms with Gasteiger partial charge < -0.3 is 10.1 Å². The molecule has 2 rings (SSSR count). The molecule has 0 spiro atoms. The van der Waals surface area contributed by atoms with Crippen molar-refractivity contribution in [2.45, 2.75) is 13.0 Å². The van der Waals surface area contributed by atoms with Crippen LogP contribution in [-0.4, -0.2) is 29.0 Å². The van der Waals surface area contributed by atoms with Gasteiger partial charge >= 0.3 is 6.03 Å². The molecule has 0 bridgehead atoms. The van der Waals surface area contributed by atoms with Crippen LogP contribution in [0.15, 0.2) is 42.7 Å². The second-order valence-corrected chi connectivity index (χ2v) is 4.23. The molecule has 2 amide bonds. The van der Waals surface area contributed by atoms with Crippen LogP contribution in [-0.2, 0) is 6.54 Å². The summed E-state index contributed by atoms with van der Waals surface area (Å²) in [4.78, 5) is 19.5. The van der Waals surface area contributed by atoms with E-state index in [1.54, 1.807) is 30.6 Å². The Kier molecular flexibility index (Phi) is 5.58. The van der Waals surface area contributed by atoms with Gasteiger partial charge in [0.1, 0.15) is 5.82 Å². The molecule has 0 aliphatic carbocycles. The first-order valence-corrected chi connectivity index (χ1v) is 6.45. The Morgan fingerprint density at radius 1 is 1.23 bits per heavy atom. The fraction of sp³-hybridized carbons (Fsp3) is 0.214. The minimum absolute atomic E-state index is 0.0206. The molecule has 0 saturated carbocycles. The number of amides is 2. The number of rotatable bonds is 6. The van der Waals surface area contributed by atoms with E-state index in [0.717, 1.165) is 5.56 Å². The Hall–Kier alpha value is -2.77. The molecule has 0 saturated heterocycles. The molecule has 116 valence electrons. The van der Waals surface area contributed by atoms with E-state index in [-0.39, 0.29) is 11.7 Å². The second kappa shape index (κ2) is 7.87. The number of aromatic nitrogens is 2. The maximum Gasteiger partial charge on any atom is 0.320 e. The van der Waals surface area contributed by atoms with E-state index in [1.807, 2.05) is 0 Å². The van der Waals surface area contributed by atoms with Crippen LogP contribution in [0.4, 0.5) is 19.4 Å². The molecule has 22 heavy (non-hydrogen) atoms. The Morgan fingerprint density at radius 3 is 2.73 bits per heavy atom. The number of pyridine rings is 2. The molecule has 2 heterocycles. The molecule has 2 N–H and O–H groups in total. The molecule has 8 heteroatoms. The van der Waals surface area contributed by atoms with Crippen LogP contribution in [0.25, 0.3) is 0 Å². The summed E-state index contributed by atoms with van der Waals surface area (Å²) >= 11 is 0. The number of halogens is 2. The molecule has 6 nitrogen and oxygen atoms in total. The third-order valence-corrected chi connectivity index (χ3v) is 2.52. The Bertz CT molecular complexity index is 611. The van der Waals surface area contributed by atoms with Gasteiger partial charge in [-0.1, -0.05) is 6.07 Å². The average Bonchev–Trinajstić information content (AvgIpc) is 2.52. The molecule has 0 fully saturated rings. The van der Waals surface area contributed by atoms with Crippen LogP contribution in [0.3, 0.4) is 0 Å². The first kappa shape index (κ1) is 15.6. The van der Waals surface area contributed by atoms with Crippen molar-refractivity contribution in [3.63, 3.8) is 0 Å². The fourth-order valence-corrected chi connectivity index (χ4v) is 1.56. The van der Waals surface area contributed by atoms with Crippen molar-refractivity contribution >= 4 is 11.8 Å². The van der Waals surface area contributed by atoms with E-state index in [0.29, 0.717) is 6.54 Å². The van der Waals surface area contributed by atoms with Crippen molar-refractivity contribution in [2.24, 2.45) is 0 Å². The standard InChI is InChI=1S/C14H14F2N4O2/c15-11(16)9-22-13-3-1-2-12(19-13)20-14(21)18-8-10-4-6-17-7-5-10/h1-7,11H,8-9H2,(H2,18,19,20,21). The van der Waals surface area contributed by atoms with Crippen molar-refractivity contribution in [3.05, 3.63) is 48.3 Å². The van der Waals surface area contributed by atoms with Gasteiger partial charge in [0.25, 0.3) is 6.43 Å². The number of hydrogen-bond acceptors (Lipinski definition) is 4. The number of carbonyl (C=O) groups excluding carboxylic acids is 1. The highest BCUT2D eigenvalue weighted by Gasteiger charge is 2.07. The van der Waals surface area contributed by atoms with Crippen LogP contribution < -0.4 is 15.4 Å². The summed E-state index contributed by atoms with van der Waals surface area (Å²) in [5, 5.41) is 5.13. The normalized spacial score (nSPS) is 10.3. The van der Waals surface area contributed by atoms with Crippen LogP contribution in [0, 0.1) is 0 Å². The molecule has 0 unspecified atom stereocenters. The van der Waals surface area contributed by atoms with Gasteiger partial charge in [0.15, 0.2) is 6.61 Å². The number of urea groups is 1. The smallest absolute Gasteiger partial charge is 0.320 e. The van der Waals surface area contributed by atoms with E-state index >= 15 is 0 Å². The average molecular weight is 308 g/mol. The number of nitrogens with one attached hydrogen (secondary N) is 2. The molecular weight excluding hydrogens is 294 g/mol. The molecule has 0 atom stereocenters. The van der Waals surface area contributed by atoms with Gasteiger partial charge in [-0.2, -0.15) is 4.98 Å². The first-order chi connectivity index (χ1) is 10.6. The lowest BCUT2D eigenvalue weighted by molar-refractivity contribution is 0.0796. The monoisotopic (exact) mass is 308 g/mol. The predicted octanol–water partition coefficient (Wildman–Crippen LogP) is 2.44. The predicted molar refractivity (Wildman–Crippen MR) is 75.8 cm³/mol. The number of nitrogens with zero attached hydrogens (tertiary/aromatic N) is 2. The lowest BCUT2D eigenvalue weighted by Gasteiger charge is -2.09. The lowest BCUT2D eigenvalue weighted by atomic mass is 10.3. The molecule has 0 aliphatic heterocycles. The highest BCUT2D eigenvalue weighted by atomic mass is 19.3. The van der Waals surface area contributed by atoms with Gasteiger partial charge in [-0.25, -0.2) is 13.6 Å². The van der Waals surface area contributed by atoms with E-state index in [4.69, 9.17) is 4.74 Å². The third kappa shape index (κ3) is 5.31. The van der Waals surface area contributed by atoms with Gasteiger partial charge in [-0.3, -0.25) is 10.3 Å². The minimum atomic E-state index is -2.58. The Balaban J connectivity index is 1.84. The minimum Gasteiger partial charge on any atom is -0.472 e. The highest BCUT2D eigenvalue weighted by Crippen LogP contribution is 2.12. The van der Waals surface area contributed by atoms with Gasteiger partial charge in [-0.15, -0.1) is 0 Å². The molecule has 2 aromatic rings. The van der Waals surface area contributed by atoms with Crippen LogP contribution in [0.1, 0.15) is 5.56 Å². The lowest BCUT2D eigenvalue weighted by Crippen LogP contribution is -2.28. The van der Waals surface area contributed by atoms with Crippen molar-refractivity contribution in [2.75, 3.05) is 11.9 Å². The summed E-state index contributed by atoms with van der Waals surface area (Å²) in [6.07, 6.45) is 0.669. The summed E-state index contributed by atoms with van der Waals surface area (Å²) in [6, 6.07) is 7.60. The van der Waals surface area contributed by atoms with Crippen molar-refractivity contribution in [1.82, 2.24) is 15.3 Å².